The summed E-state index contributed by atoms with van der Waals surface area (Å²) in [5, 5.41) is 7.15. The van der Waals surface area contributed by atoms with Crippen molar-refractivity contribution in [3.05, 3.63) is 266 Å². The minimum Gasteiger partial charge on any atom is -0.309 e. The van der Waals surface area contributed by atoms with Crippen LogP contribution in [0.25, 0.3) is 33.4 Å². The number of rotatable bonds is 12. The zero-order chi connectivity index (χ0) is 45.9. The van der Waals surface area contributed by atoms with Gasteiger partial charge in [-0.15, -0.1) is 0 Å². The fourth-order valence-electron chi connectivity index (χ4n) is 9.20. The molecule has 0 radical (unpaired) electrons. The first-order chi connectivity index (χ1) is 32.7. The first-order valence-electron chi connectivity index (χ1n) is 22.7. The van der Waals surface area contributed by atoms with Gasteiger partial charge in [-0.1, -0.05) is 250 Å². The second kappa shape index (κ2) is 18.8. The fraction of sp³-hybridized carbons (Fsp3) is 0.0492. The molecule has 0 fully saturated rings. The third kappa shape index (κ3) is 8.46. The first kappa shape index (κ1) is 44.0. The summed E-state index contributed by atoms with van der Waals surface area (Å²) in [5.74, 6) is 0.402. The zero-order valence-corrected chi connectivity index (χ0v) is 39.9. The van der Waals surface area contributed by atoms with E-state index in [-0.39, 0.29) is 0 Å². The van der Waals surface area contributed by atoms with Crippen molar-refractivity contribution in [1.82, 2.24) is 0 Å². The summed E-state index contributed by atoms with van der Waals surface area (Å²) in [4.78, 5) is 0. The molecular formula is C61H49O3P3. The Hall–Kier alpha value is -6.85. The van der Waals surface area contributed by atoms with E-state index in [2.05, 4.69) is 79.7 Å². The molecule has 9 aromatic rings. The highest BCUT2D eigenvalue weighted by Crippen LogP contribution is 2.54. The van der Waals surface area contributed by atoms with Crippen molar-refractivity contribution in [2.75, 3.05) is 0 Å². The summed E-state index contributed by atoms with van der Waals surface area (Å²) in [5.41, 5.74) is 5.90. The maximum atomic E-state index is 15.4. The van der Waals surface area contributed by atoms with Crippen LogP contribution in [0.1, 0.15) is 13.3 Å². The molecule has 0 bridgehead atoms. The van der Waals surface area contributed by atoms with Gasteiger partial charge in [0, 0.05) is 47.8 Å². The molecule has 9 aromatic carbocycles. The van der Waals surface area contributed by atoms with Crippen molar-refractivity contribution >= 4 is 63.9 Å². The van der Waals surface area contributed by atoms with Crippen LogP contribution in [0.2, 0.25) is 0 Å². The van der Waals surface area contributed by atoms with E-state index in [9.17, 15) is 0 Å². The molecule has 0 aromatic heterocycles. The van der Waals surface area contributed by atoms with E-state index in [1.165, 1.54) is 0 Å². The highest BCUT2D eigenvalue weighted by atomic mass is 31.2. The van der Waals surface area contributed by atoms with Crippen LogP contribution in [0.15, 0.2) is 266 Å². The predicted octanol–water partition coefficient (Wildman–Crippen LogP) is 12.8. The Labute approximate surface area is 394 Å². The Balaban J connectivity index is 1.08. The lowest BCUT2D eigenvalue weighted by atomic mass is 9.93. The smallest absolute Gasteiger partial charge is 0.171 e. The molecule has 0 aliphatic heterocycles. The van der Waals surface area contributed by atoms with Crippen LogP contribution >= 0.6 is 21.4 Å². The van der Waals surface area contributed by atoms with E-state index in [0.29, 0.717) is 5.92 Å². The average Bonchev–Trinajstić information content (AvgIpc) is 3.41. The standard InChI is InChI=1S/C61H49O3P3/c1-46-27-35-58(36-28-46)67(64,57-25-15-6-16-26-57)61-41-33-49(34-42-61)52-44-50(47-29-37-59(38-30-47)65(62,53-17-7-2-8-18-53)54-19-9-3-10-20-54)43-51(45-52)48-31-39-60(40-32-48)66(63,55-21-11-4-12-22-55)56-23-13-5-14-24-56/h2-27,29-46H,28H2,1H3. The van der Waals surface area contributed by atoms with Gasteiger partial charge in [0.05, 0.1) is 0 Å². The number of hydrogen-bond donors (Lipinski definition) is 0. The molecule has 10 rings (SSSR count). The molecule has 67 heavy (non-hydrogen) atoms. The predicted molar refractivity (Wildman–Crippen MR) is 286 cm³/mol. The molecule has 0 saturated heterocycles. The lowest BCUT2D eigenvalue weighted by Gasteiger charge is -2.24. The second-order valence-corrected chi connectivity index (χ2v) is 25.4. The number of benzene rings is 9. The van der Waals surface area contributed by atoms with E-state index in [0.717, 1.165) is 87.6 Å². The van der Waals surface area contributed by atoms with Crippen molar-refractivity contribution in [1.29, 1.82) is 0 Å². The molecule has 0 N–H and O–H groups in total. The average molecular weight is 923 g/mol. The lowest BCUT2D eigenvalue weighted by Crippen LogP contribution is -2.24. The molecule has 2 atom stereocenters. The third-order valence-electron chi connectivity index (χ3n) is 12.9. The molecule has 2 unspecified atom stereocenters. The van der Waals surface area contributed by atoms with Crippen LogP contribution in [0.4, 0.5) is 0 Å². The molecule has 3 nitrogen and oxygen atoms in total. The molecule has 1 aliphatic rings. The van der Waals surface area contributed by atoms with Gasteiger partial charge < -0.3 is 13.7 Å². The number of allylic oxidation sites excluding steroid dienone is 4. The normalized spacial score (nSPS) is 14.8. The Bertz CT molecular complexity index is 3120. The van der Waals surface area contributed by atoms with Crippen molar-refractivity contribution in [2.24, 2.45) is 5.92 Å². The van der Waals surface area contributed by atoms with Gasteiger partial charge >= 0.3 is 0 Å². The van der Waals surface area contributed by atoms with Crippen LogP contribution in [0, 0.1) is 5.92 Å². The molecule has 0 amide bonds. The first-order valence-corrected chi connectivity index (χ1v) is 27.8. The Morgan fingerprint density at radius 3 is 0.836 bits per heavy atom. The molecular weight excluding hydrogens is 874 g/mol. The highest BCUT2D eigenvalue weighted by molar-refractivity contribution is 7.85. The molecule has 326 valence electrons. The molecule has 1 aliphatic carbocycles. The molecule has 6 heteroatoms. The van der Waals surface area contributed by atoms with Crippen molar-refractivity contribution in [2.45, 2.75) is 13.3 Å². The topological polar surface area (TPSA) is 51.2 Å². The van der Waals surface area contributed by atoms with E-state index in [4.69, 9.17) is 0 Å². The third-order valence-corrected chi connectivity index (χ3v) is 22.1. The van der Waals surface area contributed by atoms with Crippen LogP contribution in [-0.2, 0) is 13.7 Å². The van der Waals surface area contributed by atoms with Gasteiger partial charge in [0.15, 0.2) is 21.4 Å². The van der Waals surface area contributed by atoms with E-state index in [1.807, 2.05) is 188 Å². The van der Waals surface area contributed by atoms with Gasteiger partial charge in [0.1, 0.15) is 0 Å². The van der Waals surface area contributed by atoms with Crippen LogP contribution in [0.3, 0.4) is 0 Å². The van der Waals surface area contributed by atoms with Gasteiger partial charge in [-0.25, -0.2) is 0 Å². The Kier molecular flexibility index (Phi) is 12.3. The van der Waals surface area contributed by atoms with E-state index < -0.39 is 21.4 Å². The van der Waals surface area contributed by atoms with Crippen molar-refractivity contribution in [3.8, 4) is 33.4 Å². The van der Waals surface area contributed by atoms with Gasteiger partial charge in [-0.2, -0.15) is 0 Å². The minimum absolute atomic E-state index is 0.402. The maximum Gasteiger partial charge on any atom is 0.171 e. The minimum atomic E-state index is -3.17. The van der Waals surface area contributed by atoms with Crippen LogP contribution < -0.4 is 42.4 Å². The molecule has 0 heterocycles. The molecule has 0 spiro atoms. The fourth-order valence-corrected chi connectivity index (χ4v) is 17.2. The summed E-state index contributed by atoms with van der Waals surface area (Å²) in [6, 6.07) is 79.9. The zero-order valence-electron chi connectivity index (χ0n) is 37.2. The summed E-state index contributed by atoms with van der Waals surface area (Å²) < 4.78 is 46.0. The largest absolute Gasteiger partial charge is 0.309 e. The van der Waals surface area contributed by atoms with E-state index in [1.54, 1.807) is 0 Å². The Morgan fingerprint density at radius 1 is 0.313 bits per heavy atom. The van der Waals surface area contributed by atoms with Crippen LogP contribution in [0.5, 0.6) is 0 Å². The van der Waals surface area contributed by atoms with Gasteiger partial charge in [-0.05, 0) is 63.9 Å². The second-order valence-electron chi connectivity index (χ2n) is 17.1. The number of hydrogen-bond acceptors (Lipinski definition) is 3. The highest BCUT2D eigenvalue weighted by Gasteiger charge is 2.33. The summed E-state index contributed by atoms with van der Waals surface area (Å²) in [6.07, 6.45) is 7.22. The maximum absolute atomic E-state index is 15.4. The van der Waals surface area contributed by atoms with Crippen molar-refractivity contribution < 1.29 is 13.7 Å². The van der Waals surface area contributed by atoms with Crippen molar-refractivity contribution in [3.63, 3.8) is 0 Å². The quantitative estimate of drug-likeness (QED) is 0.115. The van der Waals surface area contributed by atoms with Gasteiger partial charge in [0.2, 0.25) is 0 Å². The summed E-state index contributed by atoms with van der Waals surface area (Å²) in [6.45, 7) is 2.18. The monoisotopic (exact) mass is 922 g/mol. The van der Waals surface area contributed by atoms with Gasteiger partial charge in [0.25, 0.3) is 0 Å². The summed E-state index contributed by atoms with van der Waals surface area (Å²) >= 11 is 0. The lowest BCUT2D eigenvalue weighted by molar-refractivity contribution is 0.590. The van der Waals surface area contributed by atoms with E-state index >= 15 is 13.7 Å². The molecule has 0 saturated carbocycles. The SMILES string of the molecule is CC1C=CC(P(=O)(c2ccccc2)c2ccc(-c3cc(-c4ccc(P(=O)(c5ccccc5)c5ccccc5)cc4)cc(-c4ccc(P(=O)(c5ccccc5)c5ccccc5)cc4)c3)cc2)=CC1. The summed E-state index contributed by atoms with van der Waals surface area (Å²) in [7, 11) is -9.50. The Morgan fingerprint density at radius 2 is 0.567 bits per heavy atom. The van der Waals surface area contributed by atoms with Crippen LogP contribution in [-0.4, -0.2) is 0 Å². The van der Waals surface area contributed by atoms with Gasteiger partial charge in [-0.3, -0.25) is 0 Å².